The average Bonchev–Trinajstić information content (AvgIpc) is 3.66. The lowest BCUT2D eigenvalue weighted by molar-refractivity contribution is 0.0640. The molecule has 3 amide bonds. The molecule has 2 N–H and O–H groups in total. The van der Waals surface area contributed by atoms with E-state index in [0.717, 1.165) is 31.5 Å². The van der Waals surface area contributed by atoms with Crippen LogP contribution in [-0.2, 0) is 6.54 Å². The summed E-state index contributed by atoms with van der Waals surface area (Å²) in [7, 11) is 0. The van der Waals surface area contributed by atoms with Crippen LogP contribution < -0.4 is 10.6 Å². The van der Waals surface area contributed by atoms with Gasteiger partial charge in [0.05, 0.1) is 11.2 Å². The van der Waals surface area contributed by atoms with Gasteiger partial charge in [-0.25, -0.2) is 13.9 Å². The molecule has 2 saturated heterocycles. The largest absolute Gasteiger partial charge is 0.337 e. The summed E-state index contributed by atoms with van der Waals surface area (Å²) in [6.45, 7) is 4.01. The summed E-state index contributed by atoms with van der Waals surface area (Å²) in [4.78, 5) is 34.4. The van der Waals surface area contributed by atoms with Gasteiger partial charge in [-0.1, -0.05) is 6.07 Å². The van der Waals surface area contributed by atoms with Crippen molar-refractivity contribution in [2.24, 2.45) is 0 Å². The van der Waals surface area contributed by atoms with Gasteiger partial charge in [0, 0.05) is 49.1 Å². The first-order valence-corrected chi connectivity index (χ1v) is 13.8. The van der Waals surface area contributed by atoms with E-state index in [4.69, 9.17) is 0 Å². The van der Waals surface area contributed by atoms with E-state index in [-0.39, 0.29) is 17.6 Å². The minimum Gasteiger partial charge on any atom is -0.337 e. The summed E-state index contributed by atoms with van der Waals surface area (Å²) in [5, 5.41) is 10.8. The second-order valence-corrected chi connectivity index (χ2v) is 10.4. The van der Waals surface area contributed by atoms with Crippen LogP contribution in [0.25, 0.3) is 16.6 Å². The first kappa shape index (κ1) is 25.9. The number of halogens is 1. The lowest BCUT2D eigenvalue weighted by Crippen LogP contribution is -2.46. The number of piperidine rings is 1. The number of benzene rings is 2. The number of likely N-dealkylation sites (tertiary alicyclic amines) is 2. The highest BCUT2D eigenvalue weighted by Gasteiger charge is 2.30. The van der Waals surface area contributed by atoms with E-state index in [2.05, 4.69) is 25.6 Å². The molecule has 0 unspecified atom stereocenters. The van der Waals surface area contributed by atoms with Gasteiger partial charge < -0.3 is 20.4 Å². The van der Waals surface area contributed by atoms with Gasteiger partial charge in [0.1, 0.15) is 5.82 Å². The molecule has 2 fully saturated rings. The van der Waals surface area contributed by atoms with E-state index < -0.39 is 5.82 Å². The molecule has 2 aromatic carbocycles. The van der Waals surface area contributed by atoms with Gasteiger partial charge in [0.25, 0.3) is 5.91 Å². The molecule has 6 rings (SSSR count). The molecule has 2 aromatic heterocycles. The van der Waals surface area contributed by atoms with E-state index in [1.165, 1.54) is 25.0 Å². The molecular weight excluding hydrogens is 509 g/mol. The molecule has 2 aliphatic rings. The van der Waals surface area contributed by atoms with Crippen LogP contribution in [-0.4, -0.2) is 68.7 Å². The Balaban J connectivity index is 1.17. The van der Waals surface area contributed by atoms with Crippen molar-refractivity contribution in [2.75, 3.05) is 31.5 Å². The van der Waals surface area contributed by atoms with Gasteiger partial charge in [0.15, 0.2) is 5.69 Å². The number of nitrogens with one attached hydrogen (secondary N) is 2. The Morgan fingerprint density at radius 1 is 0.975 bits per heavy atom. The number of pyridine rings is 1. The number of carbonyl (C=O) groups excluding carboxylic acids is 2. The fourth-order valence-corrected chi connectivity index (χ4v) is 5.68. The quantitative estimate of drug-likeness (QED) is 0.373. The van der Waals surface area contributed by atoms with Crippen LogP contribution in [0.3, 0.4) is 0 Å². The topological polar surface area (TPSA) is 95.4 Å². The van der Waals surface area contributed by atoms with Gasteiger partial charge in [-0.05, 0) is 92.9 Å². The van der Waals surface area contributed by atoms with Gasteiger partial charge >= 0.3 is 6.03 Å². The molecule has 4 heterocycles. The second kappa shape index (κ2) is 11.4. The second-order valence-electron chi connectivity index (χ2n) is 10.4. The van der Waals surface area contributed by atoms with E-state index in [0.29, 0.717) is 48.0 Å². The standard InChI is InChI=1S/C30H32FN7O2/c31-22-5-10-27-26(18-22)28(29(39)37-16-11-24(12-17-37)36-14-1-2-15-36)35-38(27)25-8-6-23(7-9-25)34-30(40)33-20-21-4-3-13-32-19-21/h3-10,13,18-19,24H,1-2,11-12,14-17,20H2,(H2,33,34,40). The first-order valence-electron chi connectivity index (χ1n) is 13.8. The zero-order valence-electron chi connectivity index (χ0n) is 22.2. The number of anilines is 1. The lowest BCUT2D eigenvalue weighted by Gasteiger charge is -2.36. The number of hydrogen-bond acceptors (Lipinski definition) is 5. The van der Waals surface area contributed by atoms with Gasteiger partial charge in [0.2, 0.25) is 0 Å². The number of nitrogens with zero attached hydrogens (tertiary/aromatic N) is 5. The zero-order chi connectivity index (χ0) is 27.5. The number of fused-ring (bicyclic) bond motifs is 1. The number of urea groups is 1. The Hall–Kier alpha value is -4.31. The van der Waals surface area contributed by atoms with Gasteiger partial charge in [-0.2, -0.15) is 5.10 Å². The van der Waals surface area contributed by atoms with Crippen LogP contribution in [0.4, 0.5) is 14.9 Å². The summed E-state index contributed by atoms with van der Waals surface area (Å²) >= 11 is 0. The lowest BCUT2D eigenvalue weighted by atomic mass is 10.0. The van der Waals surface area contributed by atoms with E-state index >= 15 is 0 Å². The molecule has 0 aliphatic carbocycles. The number of amides is 3. The fraction of sp³-hybridized carbons (Fsp3) is 0.333. The monoisotopic (exact) mass is 541 g/mol. The van der Waals surface area contributed by atoms with E-state index in [1.54, 1.807) is 35.3 Å². The summed E-state index contributed by atoms with van der Waals surface area (Å²) in [5.74, 6) is -0.580. The summed E-state index contributed by atoms with van der Waals surface area (Å²) < 4.78 is 15.9. The van der Waals surface area contributed by atoms with Crippen molar-refractivity contribution in [2.45, 2.75) is 38.3 Å². The maximum Gasteiger partial charge on any atom is 0.319 e. The van der Waals surface area contributed by atoms with E-state index in [1.807, 2.05) is 29.2 Å². The molecule has 0 radical (unpaired) electrons. The molecule has 4 aromatic rings. The summed E-state index contributed by atoms with van der Waals surface area (Å²) in [6.07, 6.45) is 7.79. The number of rotatable bonds is 6. The minimum atomic E-state index is -0.411. The van der Waals surface area contributed by atoms with Crippen LogP contribution in [0, 0.1) is 5.82 Å². The Bertz CT molecular complexity index is 1490. The maximum absolute atomic E-state index is 14.3. The Labute approximate surface area is 232 Å². The predicted molar refractivity (Wildman–Crippen MR) is 151 cm³/mol. The van der Waals surface area contributed by atoms with Gasteiger partial charge in [-0.3, -0.25) is 9.78 Å². The molecule has 40 heavy (non-hydrogen) atoms. The molecule has 10 heteroatoms. The van der Waals surface area contributed by atoms with Crippen molar-refractivity contribution >= 4 is 28.5 Å². The fourth-order valence-electron chi connectivity index (χ4n) is 5.68. The third-order valence-corrected chi connectivity index (χ3v) is 7.80. The summed E-state index contributed by atoms with van der Waals surface area (Å²) in [5.41, 5.74) is 3.10. The molecule has 0 bridgehead atoms. The van der Waals surface area contributed by atoms with Crippen LogP contribution in [0.1, 0.15) is 41.7 Å². The molecular formula is C30H32FN7O2. The number of aromatic nitrogens is 3. The molecule has 0 spiro atoms. The smallest absolute Gasteiger partial charge is 0.319 e. The normalized spacial score (nSPS) is 16.4. The Morgan fingerprint density at radius 3 is 2.48 bits per heavy atom. The molecule has 9 nitrogen and oxygen atoms in total. The number of carbonyl (C=O) groups is 2. The first-order chi connectivity index (χ1) is 19.5. The van der Waals surface area contributed by atoms with E-state index in [9.17, 15) is 14.0 Å². The van der Waals surface area contributed by atoms with Crippen LogP contribution in [0.2, 0.25) is 0 Å². The van der Waals surface area contributed by atoms with Crippen molar-refractivity contribution < 1.29 is 14.0 Å². The van der Waals surface area contributed by atoms with Crippen molar-refractivity contribution in [1.29, 1.82) is 0 Å². The molecule has 0 saturated carbocycles. The molecule has 206 valence electrons. The average molecular weight is 542 g/mol. The minimum absolute atomic E-state index is 0.169. The zero-order valence-corrected chi connectivity index (χ0v) is 22.2. The van der Waals surface area contributed by atoms with Crippen LogP contribution in [0.5, 0.6) is 0 Å². The van der Waals surface area contributed by atoms with Crippen LogP contribution in [0.15, 0.2) is 67.0 Å². The van der Waals surface area contributed by atoms with Crippen molar-refractivity contribution in [3.8, 4) is 5.69 Å². The molecule has 2 aliphatic heterocycles. The van der Waals surface area contributed by atoms with Crippen molar-refractivity contribution in [3.63, 3.8) is 0 Å². The van der Waals surface area contributed by atoms with Crippen molar-refractivity contribution in [1.82, 2.24) is 29.9 Å². The highest BCUT2D eigenvalue weighted by molar-refractivity contribution is 6.05. The third kappa shape index (κ3) is 5.53. The highest BCUT2D eigenvalue weighted by atomic mass is 19.1. The molecule has 0 atom stereocenters. The number of hydrogen-bond donors (Lipinski definition) is 2. The predicted octanol–water partition coefficient (Wildman–Crippen LogP) is 4.58. The Kier molecular flexibility index (Phi) is 7.41. The highest BCUT2D eigenvalue weighted by Crippen LogP contribution is 2.27. The van der Waals surface area contributed by atoms with Crippen molar-refractivity contribution in [3.05, 3.63) is 84.1 Å². The maximum atomic E-state index is 14.3. The SMILES string of the molecule is O=C(NCc1cccnc1)Nc1ccc(-n2nc(C(=O)N3CCC(N4CCCC4)CC3)c3cc(F)ccc32)cc1. The van der Waals surface area contributed by atoms with Crippen LogP contribution >= 0.6 is 0 Å². The van der Waals surface area contributed by atoms with Gasteiger partial charge in [-0.15, -0.1) is 0 Å². The third-order valence-electron chi connectivity index (χ3n) is 7.80. The Morgan fingerprint density at radius 2 is 1.75 bits per heavy atom. The summed E-state index contributed by atoms with van der Waals surface area (Å²) in [6, 6.07) is 15.4.